The minimum Gasteiger partial charge on any atom is -0.449 e. The third-order valence-corrected chi connectivity index (χ3v) is 3.75. The van der Waals surface area contributed by atoms with Gasteiger partial charge in [-0.3, -0.25) is 9.59 Å². The van der Waals surface area contributed by atoms with Gasteiger partial charge in [-0.25, -0.2) is 0 Å². The second kappa shape index (κ2) is 6.92. The molecule has 0 unspecified atom stereocenters. The van der Waals surface area contributed by atoms with Crippen LogP contribution in [0.3, 0.4) is 0 Å². The predicted molar refractivity (Wildman–Crippen MR) is 99.3 cm³/mol. The van der Waals surface area contributed by atoms with Gasteiger partial charge in [-0.05, 0) is 35.9 Å². The third kappa shape index (κ3) is 4.03. The maximum absolute atomic E-state index is 12.1. The first kappa shape index (κ1) is 17.5. The van der Waals surface area contributed by atoms with Crippen LogP contribution in [0.25, 0.3) is 6.08 Å². The monoisotopic (exact) mass is 352 g/mol. The molecule has 0 spiro atoms. The largest absolute Gasteiger partial charge is 0.449 e. The van der Waals surface area contributed by atoms with Gasteiger partial charge in [0.15, 0.2) is 11.5 Å². The maximum atomic E-state index is 12.1. The number of ether oxygens (including phenoxy) is 2. The van der Waals surface area contributed by atoms with E-state index in [0.29, 0.717) is 22.7 Å². The number of anilines is 1. The number of fused-ring (bicyclic) bond motifs is 1. The fourth-order valence-corrected chi connectivity index (χ4v) is 2.55. The summed E-state index contributed by atoms with van der Waals surface area (Å²) in [6, 6.07) is 12.2. The molecule has 0 radical (unpaired) electrons. The van der Waals surface area contributed by atoms with Gasteiger partial charge in [0.1, 0.15) is 0 Å². The minimum atomic E-state index is -0.703. The molecule has 1 heterocycles. The van der Waals surface area contributed by atoms with E-state index in [2.05, 4.69) is 10.6 Å². The fraction of sp³-hybridized carbons (Fsp3) is 0.200. The van der Waals surface area contributed by atoms with Crippen LogP contribution >= 0.6 is 0 Å². The van der Waals surface area contributed by atoms with Crippen LogP contribution in [0.5, 0.6) is 11.5 Å². The number of rotatable bonds is 4. The Kier molecular flexibility index (Phi) is 4.67. The number of hydrogen-bond donors (Lipinski definition) is 2. The van der Waals surface area contributed by atoms with E-state index in [1.165, 1.54) is 6.08 Å². The van der Waals surface area contributed by atoms with Gasteiger partial charge >= 0.3 is 0 Å². The highest BCUT2D eigenvalue weighted by Gasteiger charge is 2.31. The van der Waals surface area contributed by atoms with Crippen LogP contribution < -0.4 is 20.1 Å². The van der Waals surface area contributed by atoms with Gasteiger partial charge in [0.2, 0.25) is 11.7 Å². The number of carbonyl (C=O) groups excluding carboxylic acids is 2. The number of nitrogens with one attached hydrogen (secondary N) is 2. The fourth-order valence-electron chi connectivity index (χ4n) is 2.55. The summed E-state index contributed by atoms with van der Waals surface area (Å²) in [6.07, 6.45) is 3.11. The Bertz CT molecular complexity index is 870. The van der Waals surface area contributed by atoms with Crippen molar-refractivity contribution in [2.24, 2.45) is 0 Å². The molecule has 134 valence electrons. The number of amides is 2. The Hall–Kier alpha value is -3.28. The molecule has 0 aromatic heterocycles. The average molecular weight is 352 g/mol. The van der Waals surface area contributed by atoms with Crippen molar-refractivity contribution in [3.8, 4) is 11.5 Å². The zero-order chi connectivity index (χ0) is 18.7. The van der Waals surface area contributed by atoms with Gasteiger partial charge in [-0.15, -0.1) is 0 Å². The molecule has 2 N–H and O–H groups in total. The average Bonchev–Trinajstić information content (AvgIpc) is 2.92. The van der Waals surface area contributed by atoms with E-state index < -0.39 is 5.79 Å². The van der Waals surface area contributed by atoms with E-state index in [4.69, 9.17) is 9.47 Å². The van der Waals surface area contributed by atoms with Crippen LogP contribution in [0.4, 0.5) is 5.69 Å². The summed E-state index contributed by atoms with van der Waals surface area (Å²) in [6.45, 7) is 3.65. The van der Waals surface area contributed by atoms with Gasteiger partial charge in [-0.2, -0.15) is 0 Å². The van der Waals surface area contributed by atoms with Crippen molar-refractivity contribution >= 4 is 23.6 Å². The van der Waals surface area contributed by atoms with Gasteiger partial charge in [-0.1, -0.05) is 12.1 Å². The highest BCUT2D eigenvalue weighted by atomic mass is 16.7. The van der Waals surface area contributed by atoms with Crippen LogP contribution in [0, 0.1) is 0 Å². The van der Waals surface area contributed by atoms with E-state index in [1.807, 2.05) is 13.8 Å². The summed E-state index contributed by atoms with van der Waals surface area (Å²) >= 11 is 0. The van der Waals surface area contributed by atoms with Crippen molar-refractivity contribution in [1.29, 1.82) is 0 Å². The van der Waals surface area contributed by atoms with Crippen molar-refractivity contribution in [3.63, 3.8) is 0 Å². The molecular formula is C20H20N2O4. The van der Waals surface area contributed by atoms with Crippen molar-refractivity contribution < 1.29 is 19.1 Å². The molecule has 0 saturated carbocycles. The molecule has 3 rings (SSSR count). The van der Waals surface area contributed by atoms with Crippen LogP contribution in [-0.2, 0) is 4.79 Å². The van der Waals surface area contributed by atoms with Crippen molar-refractivity contribution in [2.45, 2.75) is 19.6 Å². The highest BCUT2D eigenvalue weighted by molar-refractivity contribution is 6.02. The van der Waals surface area contributed by atoms with Crippen LogP contribution in [0.1, 0.15) is 29.8 Å². The SMILES string of the molecule is CNC(=O)c1ccc(/C=C/C(=O)Nc2ccc3c(c2)OC(C)(C)O3)cc1. The summed E-state index contributed by atoms with van der Waals surface area (Å²) in [4.78, 5) is 23.6. The first-order chi connectivity index (χ1) is 12.4. The molecule has 0 bridgehead atoms. The van der Waals surface area contributed by atoms with Crippen molar-refractivity contribution in [2.75, 3.05) is 12.4 Å². The summed E-state index contributed by atoms with van der Waals surface area (Å²) in [5.41, 5.74) is 2.01. The van der Waals surface area contributed by atoms with Crippen LogP contribution in [0.2, 0.25) is 0 Å². The summed E-state index contributed by atoms with van der Waals surface area (Å²) in [7, 11) is 1.58. The van der Waals surface area contributed by atoms with Crippen LogP contribution in [0.15, 0.2) is 48.5 Å². The first-order valence-electron chi connectivity index (χ1n) is 8.19. The third-order valence-electron chi connectivity index (χ3n) is 3.75. The summed E-state index contributed by atoms with van der Waals surface area (Å²) in [5.74, 6) is 0.134. The quantitative estimate of drug-likeness (QED) is 0.829. The normalized spacial score (nSPS) is 14.3. The summed E-state index contributed by atoms with van der Waals surface area (Å²) < 4.78 is 11.3. The van der Waals surface area contributed by atoms with Crippen molar-refractivity contribution in [1.82, 2.24) is 5.32 Å². The van der Waals surface area contributed by atoms with E-state index >= 15 is 0 Å². The Labute approximate surface area is 151 Å². The Morgan fingerprint density at radius 2 is 1.69 bits per heavy atom. The Morgan fingerprint density at radius 3 is 2.38 bits per heavy atom. The first-order valence-corrected chi connectivity index (χ1v) is 8.19. The predicted octanol–water partition coefficient (Wildman–Crippen LogP) is 3.21. The highest BCUT2D eigenvalue weighted by Crippen LogP contribution is 2.40. The molecule has 0 fully saturated rings. The molecule has 6 nitrogen and oxygen atoms in total. The molecule has 1 aliphatic rings. The van der Waals surface area contributed by atoms with Gasteiger partial charge in [0.05, 0.1) is 0 Å². The molecule has 1 aliphatic heterocycles. The molecular weight excluding hydrogens is 332 g/mol. The topological polar surface area (TPSA) is 76.7 Å². The molecule has 2 aromatic carbocycles. The Balaban J connectivity index is 1.63. The lowest BCUT2D eigenvalue weighted by molar-refractivity contribution is -0.111. The lowest BCUT2D eigenvalue weighted by Crippen LogP contribution is -2.29. The smallest absolute Gasteiger partial charge is 0.251 e. The minimum absolute atomic E-state index is 0.149. The van der Waals surface area contributed by atoms with E-state index in [1.54, 1.807) is 55.6 Å². The standard InChI is InChI=1S/C20H20N2O4/c1-20(2)25-16-10-9-15(12-17(16)26-20)22-18(23)11-6-13-4-7-14(8-5-13)19(24)21-3/h4-12H,1-3H3,(H,21,24)(H,22,23)/b11-6+. The lowest BCUT2D eigenvalue weighted by atomic mass is 10.1. The van der Waals surface area contributed by atoms with E-state index in [0.717, 1.165) is 5.56 Å². The number of carbonyl (C=O) groups is 2. The molecule has 6 heteroatoms. The molecule has 0 aliphatic carbocycles. The molecule has 26 heavy (non-hydrogen) atoms. The number of benzene rings is 2. The number of hydrogen-bond acceptors (Lipinski definition) is 4. The molecule has 2 amide bonds. The summed E-state index contributed by atoms with van der Waals surface area (Å²) in [5, 5.41) is 5.34. The maximum Gasteiger partial charge on any atom is 0.251 e. The Morgan fingerprint density at radius 1 is 1.00 bits per heavy atom. The van der Waals surface area contributed by atoms with E-state index in [-0.39, 0.29) is 11.8 Å². The van der Waals surface area contributed by atoms with E-state index in [9.17, 15) is 9.59 Å². The molecule has 2 aromatic rings. The second-order valence-corrected chi connectivity index (χ2v) is 6.29. The van der Waals surface area contributed by atoms with Crippen LogP contribution in [-0.4, -0.2) is 24.6 Å². The zero-order valence-corrected chi connectivity index (χ0v) is 14.8. The zero-order valence-electron chi connectivity index (χ0n) is 14.8. The second-order valence-electron chi connectivity index (χ2n) is 6.29. The lowest BCUT2D eigenvalue weighted by Gasteiger charge is -2.16. The van der Waals surface area contributed by atoms with Gasteiger partial charge in [0, 0.05) is 44.3 Å². The van der Waals surface area contributed by atoms with Crippen molar-refractivity contribution in [3.05, 3.63) is 59.7 Å². The molecule has 0 atom stereocenters. The van der Waals surface area contributed by atoms with Gasteiger partial charge < -0.3 is 20.1 Å². The molecule has 0 saturated heterocycles. The van der Waals surface area contributed by atoms with Gasteiger partial charge in [0.25, 0.3) is 5.91 Å².